The van der Waals surface area contributed by atoms with Gasteiger partial charge < -0.3 is 19.9 Å². The van der Waals surface area contributed by atoms with Crippen LogP contribution in [0.25, 0.3) is 11.1 Å². The zero-order valence-electron chi connectivity index (χ0n) is 21.1. The number of hydrogen-bond acceptors (Lipinski definition) is 5. The molecule has 3 aromatic rings. The van der Waals surface area contributed by atoms with E-state index in [1.807, 2.05) is 36.4 Å². The minimum atomic E-state index is -1.13. The fourth-order valence-electron chi connectivity index (χ4n) is 4.59. The molecule has 8 heteroatoms. The number of rotatable bonds is 10. The predicted molar refractivity (Wildman–Crippen MR) is 143 cm³/mol. The zero-order valence-corrected chi connectivity index (χ0v) is 21.1. The highest BCUT2D eigenvalue weighted by Crippen LogP contribution is 2.44. The molecule has 1 aliphatic carbocycles. The minimum Gasteiger partial charge on any atom is -0.480 e. The van der Waals surface area contributed by atoms with E-state index >= 15 is 0 Å². The molecule has 0 fully saturated rings. The van der Waals surface area contributed by atoms with E-state index in [1.165, 1.54) is 13.1 Å². The lowest BCUT2D eigenvalue weighted by atomic mass is 9.98. The molecule has 2 amide bonds. The topological polar surface area (TPSA) is 105 Å². The van der Waals surface area contributed by atoms with Gasteiger partial charge in [-0.25, -0.2) is 14.4 Å². The van der Waals surface area contributed by atoms with Crippen LogP contribution in [0.4, 0.5) is 9.59 Å². The molecule has 4 rings (SSSR count). The van der Waals surface area contributed by atoms with Crippen LogP contribution in [0.3, 0.4) is 0 Å². The number of carboxylic acids is 1. The van der Waals surface area contributed by atoms with Gasteiger partial charge in [-0.1, -0.05) is 85.5 Å². The summed E-state index contributed by atoms with van der Waals surface area (Å²) in [5.74, 6) is -1.24. The summed E-state index contributed by atoms with van der Waals surface area (Å²) in [6.07, 6.45) is 0.334. The summed E-state index contributed by atoms with van der Waals surface area (Å²) in [6, 6.07) is 22.1. The Kier molecular flexibility index (Phi) is 8.43. The van der Waals surface area contributed by atoms with Gasteiger partial charge in [0.15, 0.2) is 0 Å². The summed E-state index contributed by atoms with van der Waals surface area (Å²) in [7, 11) is 1.44. The lowest BCUT2D eigenvalue weighted by molar-refractivity contribution is -0.142. The molecule has 0 saturated heterocycles. The highest BCUT2D eigenvalue weighted by Gasteiger charge is 2.32. The molecule has 1 aliphatic rings. The van der Waals surface area contributed by atoms with Crippen molar-refractivity contribution in [3.63, 3.8) is 0 Å². The number of carboxylic acid groups (broad SMARTS) is 1. The largest absolute Gasteiger partial charge is 0.480 e. The Morgan fingerprint density at radius 1 is 0.947 bits per heavy atom. The van der Waals surface area contributed by atoms with Gasteiger partial charge >= 0.3 is 18.2 Å². The van der Waals surface area contributed by atoms with Gasteiger partial charge in [-0.3, -0.25) is 4.90 Å². The number of alkyl carbamates (subject to hydrolysis) is 1. The van der Waals surface area contributed by atoms with Crippen molar-refractivity contribution in [3.8, 4) is 11.1 Å². The number of hydrogen-bond donors (Lipinski definition) is 2. The van der Waals surface area contributed by atoms with Gasteiger partial charge in [0.05, 0.1) is 0 Å². The Hall–Kier alpha value is -4.59. The fourth-order valence-corrected chi connectivity index (χ4v) is 4.59. The quantitative estimate of drug-likeness (QED) is 0.370. The molecule has 38 heavy (non-hydrogen) atoms. The summed E-state index contributed by atoms with van der Waals surface area (Å²) in [5, 5.41) is 12.5. The van der Waals surface area contributed by atoms with E-state index in [9.17, 15) is 19.5 Å². The maximum Gasteiger partial charge on any atom is 0.410 e. The second kappa shape index (κ2) is 12.1. The van der Waals surface area contributed by atoms with Gasteiger partial charge in [0, 0.05) is 25.9 Å². The summed E-state index contributed by atoms with van der Waals surface area (Å²) in [5.41, 5.74) is 5.96. The maximum atomic E-state index is 12.9. The first-order valence-electron chi connectivity index (χ1n) is 12.3. The number of benzene rings is 3. The molecule has 0 bridgehead atoms. The SMILES string of the molecule is C=CCOC(=O)NCc1ccc(C[C@H](C(=O)O)N(C)C(=O)OCC2c3ccccc3-c3ccccc32)cc1. The van der Waals surface area contributed by atoms with Gasteiger partial charge in [-0.2, -0.15) is 0 Å². The van der Waals surface area contributed by atoms with Gasteiger partial charge in [-0.15, -0.1) is 0 Å². The van der Waals surface area contributed by atoms with Crippen molar-refractivity contribution in [1.82, 2.24) is 10.2 Å². The number of ether oxygens (including phenoxy) is 2. The second-order valence-corrected chi connectivity index (χ2v) is 9.03. The van der Waals surface area contributed by atoms with Crippen LogP contribution in [-0.2, 0) is 27.2 Å². The molecule has 8 nitrogen and oxygen atoms in total. The van der Waals surface area contributed by atoms with Crippen molar-refractivity contribution in [2.45, 2.75) is 24.9 Å². The molecular formula is C30H30N2O6. The van der Waals surface area contributed by atoms with Gasteiger partial charge in [0.1, 0.15) is 19.3 Å². The first-order chi connectivity index (χ1) is 18.4. The molecule has 0 aromatic heterocycles. The molecule has 1 atom stereocenters. The van der Waals surface area contributed by atoms with Gasteiger partial charge in [0.25, 0.3) is 0 Å². The Bertz CT molecular complexity index is 1270. The summed E-state index contributed by atoms with van der Waals surface area (Å²) < 4.78 is 10.5. The Labute approximate surface area is 221 Å². The van der Waals surface area contributed by atoms with Crippen LogP contribution in [-0.4, -0.2) is 54.5 Å². The lowest BCUT2D eigenvalue weighted by Crippen LogP contribution is -2.44. The van der Waals surface area contributed by atoms with Crippen LogP contribution in [0.2, 0.25) is 0 Å². The number of amides is 2. The Morgan fingerprint density at radius 3 is 2.11 bits per heavy atom. The van der Waals surface area contributed by atoms with Crippen molar-refractivity contribution in [2.24, 2.45) is 0 Å². The van der Waals surface area contributed by atoms with Crippen LogP contribution in [0.1, 0.15) is 28.2 Å². The molecule has 0 heterocycles. The van der Waals surface area contributed by atoms with E-state index in [2.05, 4.69) is 24.0 Å². The molecule has 0 saturated carbocycles. The van der Waals surface area contributed by atoms with E-state index in [4.69, 9.17) is 9.47 Å². The van der Waals surface area contributed by atoms with E-state index in [1.54, 1.807) is 24.3 Å². The second-order valence-electron chi connectivity index (χ2n) is 9.03. The highest BCUT2D eigenvalue weighted by molar-refractivity contribution is 5.81. The minimum absolute atomic E-state index is 0.102. The molecular weight excluding hydrogens is 484 g/mol. The number of nitrogens with zero attached hydrogens (tertiary/aromatic N) is 1. The van der Waals surface area contributed by atoms with Crippen molar-refractivity contribution >= 4 is 18.2 Å². The van der Waals surface area contributed by atoms with Crippen LogP contribution in [0.5, 0.6) is 0 Å². The average molecular weight is 515 g/mol. The maximum absolute atomic E-state index is 12.9. The van der Waals surface area contributed by atoms with Crippen LogP contribution in [0, 0.1) is 0 Å². The van der Waals surface area contributed by atoms with Crippen molar-refractivity contribution in [1.29, 1.82) is 0 Å². The lowest BCUT2D eigenvalue weighted by Gasteiger charge is -2.25. The summed E-state index contributed by atoms with van der Waals surface area (Å²) in [6.45, 7) is 3.98. The van der Waals surface area contributed by atoms with E-state index in [0.717, 1.165) is 38.3 Å². The van der Waals surface area contributed by atoms with Crippen LogP contribution < -0.4 is 5.32 Å². The standard InChI is InChI=1S/C30H30N2O6/c1-3-16-37-29(35)31-18-21-14-12-20(13-15-21)17-27(28(33)34)32(2)30(36)38-19-26-24-10-6-4-8-22(24)23-9-5-7-11-25(23)26/h3-15,26-27H,1,16-19H2,2H3,(H,31,35)(H,33,34)/t27-/m1/s1. The predicted octanol–water partition coefficient (Wildman–Crippen LogP) is 4.98. The molecule has 0 spiro atoms. The summed E-state index contributed by atoms with van der Waals surface area (Å²) >= 11 is 0. The number of carbonyl (C=O) groups is 3. The fraction of sp³-hybridized carbons (Fsp3) is 0.233. The zero-order chi connectivity index (χ0) is 27.1. The van der Waals surface area contributed by atoms with Gasteiger partial charge in [0.2, 0.25) is 0 Å². The van der Waals surface area contributed by atoms with Crippen molar-refractivity contribution < 1.29 is 29.0 Å². The van der Waals surface area contributed by atoms with Crippen LogP contribution in [0.15, 0.2) is 85.5 Å². The first kappa shape index (κ1) is 26.5. The third-order valence-electron chi connectivity index (χ3n) is 6.60. The van der Waals surface area contributed by atoms with E-state index in [0.29, 0.717) is 0 Å². The van der Waals surface area contributed by atoms with Crippen molar-refractivity contribution in [2.75, 3.05) is 20.3 Å². The third kappa shape index (κ3) is 6.03. The number of likely N-dealkylation sites (N-methyl/N-ethyl adjacent to an activating group) is 1. The highest BCUT2D eigenvalue weighted by atomic mass is 16.6. The van der Waals surface area contributed by atoms with E-state index < -0.39 is 24.2 Å². The number of aliphatic carboxylic acids is 1. The molecule has 3 aromatic carbocycles. The normalized spacial score (nSPS) is 12.6. The Morgan fingerprint density at radius 2 is 1.53 bits per heavy atom. The molecule has 0 radical (unpaired) electrons. The molecule has 0 aliphatic heterocycles. The monoisotopic (exact) mass is 514 g/mol. The van der Waals surface area contributed by atoms with Crippen molar-refractivity contribution in [3.05, 3.63) is 108 Å². The number of nitrogens with one attached hydrogen (secondary N) is 1. The third-order valence-corrected chi connectivity index (χ3v) is 6.60. The first-order valence-corrected chi connectivity index (χ1v) is 12.3. The number of carbonyl (C=O) groups excluding carboxylic acids is 2. The smallest absolute Gasteiger partial charge is 0.410 e. The molecule has 2 N–H and O–H groups in total. The average Bonchev–Trinajstić information content (AvgIpc) is 3.26. The molecule has 196 valence electrons. The van der Waals surface area contributed by atoms with Gasteiger partial charge in [-0.05, 0) is 33.4 Å². The van der Waals surface area contributed by atoms with Crippen LogP contribution >= 0.6 is 0 Å². The number of fused-ring (bicyclic) bond motifs is 3. The van der Waals surface area contributed by atoms with E-state index in [-0.39, 0.29) is 32.1 Å². The summed E-state index contributed by atoms with van der Waals surface area (Å²) in [4.78, 5) is 37.7. The molecule has 0 unspecified atom stereocenters. The Balaban J connectivity index is 1.36.